The molecule has 2 aromatic rings. The Morgan fingerprint density at radius 2 is 1.58 bits per heavy atom. The van der Waals surface area contributed by atoms with Crippen LogP contribution in [0.15, 0.2) is 48.5 Å². The quantitative estimate of drug-likeness (QED) is 0.776. The van der Waals surface area contributed by atoms with Crippen molar-refractivity contribution in [3.63, 3.8) is 0 Å². The average Bonchev–Trinajstić information content (AvgIpc) is 2.61. The predicted molar refractivity (Wildman–Crippen MR) is 102 cm³/mol. The van der Waals surface area contributed by atoms with Gasteiger partial charge in [-0.3, -0.25) is 0 Å². The third-order valence-corrected chi connectivity index (χ3v) is 4.13. The maximum absolute atomic E-state index is 5.45. The molecule has 128 valence electrons. The van der Waals surface area contributed by atoms with Crippen molar-refractivity contribution in [2.75, 3.05) is 14.2 Å². The van der Waals surface area contributed by atoms with Gasteiger partial charge in [-0.05, 0) is 49.8 Å². The summed E-state index contributed by atoms with van der Waals surface area (Å²) < 4.78 is 10.7. The number of nitrogens with one attached hydrogen (secondary N) is 2. The Labute approximate surface area is 149 Å². The van der Waals surface area contributed by atoms with Gasteiger partial charge in [0.1, 0.15) is 11.5 Å². The molecule has 0 saturated heterocycles. The van der Waals surface area contributed by atoms with Crippen LogP contribution in [0.4, 0.5) is 0 Å². The minimum Gasteiger partial charge on any atom is -0.497 e. The molecular formula is C19H24N2O2S. The smallest absolute Gasteiger partial charge is 0.167 e. The van der Waals surface area contributed by atoms with E-state index in [9.17, 15) is 0 Å². The summed E-state index contributed by atoms with van der Waals surface area (Å²) in [4.78, 5) is 0. The van der Waals surface area contributed by atoms with E-state index < -0.39 is 0 Å². The van der Waals surface area contributed by atoms with Crippen LogP contribution in [0.1, 0.15) is 37.1 Å². The maximum Gasteiger partial charge on any atom is 0.167 e. The maximum atomic E-state index is 5.45. The van der Waals surface area contributed by atoms with Crippen LogP contribution in [0.2, 0.25) is 0 Å². The summed E-state index contributed by atoms with van der Waals surface area (Å²) in [6, 6.07) is 16.1. The Morgan fingerprint density at radius 1 is 0.917 bits per heavy atom. The molecule has 0 bridgehead atoms. The highest BCUT2D eigenvalue weighted by Gasteiger charge is 2.15. The Hall–Kier alpha value is -2.27. The zero-order valence-electron chi connectivity index (χ0n) is 14.5. The van der Waals surface area contributed by atoms with E-state index in [0.717, 1.165) is 17.1 Å². The standard InChI is InChI=1S/C19H24N2O2S/c1-13(15-8-6-5-7-9-15)20-19(24)21-14(2)17-12-16(22-3)10-11-18(17)23-4/h5-14H,1-4H3,(H2,20,21,24). The molecule has 4 nitrogen and oxygen atoms in total. The van der Waals surface area contributed by atoms with Gasteiger partial charge in [-0.25, -0.2) is 0 Å². The molecule has 2 atom stereocenters. The second-order valence-electron chi connectivity index (χ2n) is 5.58. The first kappa shape index (κ1) is 18.1. The van der Waals surface area contributed by atoms with Crippen molar-refractivity contribution in [3.8, 4) is 11.5 Å². The van der Waals surface area contributed by atoms with Gasteiger partial charge in [0.2, 0.25) is 0 Å². The average molecular weight is 344 g/mol. The molecule has 0 aliphatic rings. The lowest BCUT2D eigenvalue weighted by Gasteiger charge is -2.22. The lowest BCUT2D eigenvalue weighted by Crippen LogP contribution is -2.38. The first-order chi connectivity index (χ1) is 11.5. The Bertz CT molecular complexity index is 676. The monoisotopic (exact) mass is 344 g/mol. The molecule has 0 amide bonds. The van der Waals surface area contributed by atoms with E-state index >= 15 is 0 Å². The molecule has 5 heteroatoms. The van der Waals surface area contributed by atoms with Gasteiger partial charge >= 0.3 is 0 Å². The van der Waals surface area contributed by atoms with Crippen LogP contribution in [0.25, 0.3) is 0 Å². The van der Waals surface area contributed by atoms with E-state index in [1.54, 1.807) is 14.2 Å². The van der Waals surface area contributed by atoms with Crippen LogP contribution in [-0.4, -0.2) is 19.3 Å². The normalized spacial score (nSPS) is 12.8. The van der Waals surface area contributed by atoms with Crippen molar-refractivity contribution in [3.05, 3.63) is 59.7 Å². The van der Waals surface area contributed by atoms with Crippen molar-refractivity contribution in [1.82, 2.24) is 10.6 Å². The van der Waals surface area contributed by atoms with Crippen molar-refractivity contribution in [1.29, 1.82) is 0 Å². The fraction of sp³-hybridized carbons (Fsp3) is 0.316. The van der Waals surface area contributed by atoms with Gasteiger partial charge in [0.25, 0.3) is 0 Å². The zero-order valence-corrected chi connectivity index (χ0v) is 15.3. The number of benzene rings is 2. The van der Waals surface area contributed by atoms with Gasteiger partial charge < -0.3 is 20.1 Å². The number of ether oxygens (including phenoxy) is 2. The van der Waals surface area contributed by atoms with Gasteiger partial charge in [0, 0.05) is 5.56 Å². The lowest BCUT2D eigenvalue weighted by molar-refractivity contribution is 0.394. The molecule has 0 heterocycles. The molecule has 2 N–H and O–H groups in total. The van der Waals surface area contributed by atoms with Gasteiger partial charge in [-0.2, -0.15) is 0 Å². The SMILES string of the molecule is COc1ccc(OC)c(C(C)NC(=S)NC(C)c2ccccc2)c1. The van der Waals surface area contributed by atoms with Crippen molar-refractivity contribution in [2.45, 2.75) is 25.9 Å². The molecule has 24 heavy (non-hydrogen) atoms. The van der Waals surface area contributed by atoms with Gasteiger partial charge in [0.15, 0.2) is 5.11 Å². The van der Waals surface area contributed by atoms with Gasteiger partial charge in [-0.1, -0.05) is 30.3 Å². The molecule has 0 aliphatic heterocycles. The summed E-state index contributed by atoms with van der Waals surface area (Å²) in [5.74, 6) is 1.59. The Morgan fingerprint density at radius 3 is 2.21 bits per heavy atom. The summed E-state index contributed by atoms with van der Waals surface area (Å²) in [6.45, 7) is 4.12. The van der Waals surface area contributed by atoms with Crippen molar-refractivity contribution < 1.29 is 9.47 Å². The summed E-state index contributed by atoms with van der Waals surface area (Å²) in [5.41, 5.74) is 2.18. The topological polar surface area (TPSA) is 42.5 Å². The van der Waals surface area contributed by atoms with E-state index in [-0.39, 0.29) is 12.1 Å². The second-order valence-corrected chi connectivity index (χ2v) is 5.99. The fourth-order valence-corrected chi connectivity index (χ4v) is 2.87. The molecule has 0 spiro atoms. The van der Waals surface area contributed by atoms with Crippen molar-refractivity contribution >= 4 is 17.3 Å². The summed E-state index contributed by atoms with van der Waals surface area (Å²) in [5, 5.41) is 7.22. The fourth-order valence-electron chi connectivity index (χ4n) is 2.52. The van der Waals surface area contributed by atoms with Crippen LogP contribution in [0.3, 0.4) is 0 Å². The highest BCUT2D eigenvalue weighted by Crippen LogP contribution is 2.29. The molecular weight excluding hydrogens is 320 g/mol. The molecule has 0 fully saturated rings. The third kappa shape index (κ3) is 4.61. The van der Waals surface area contributed by atoms with Crippen molar-refractivity contribution in [2.24, 2.45) is 0 Å². The molecule has 0 aromatic heterocycles. The van der Waals surface area contributed by atoms with E-state index in [0.29, 0.717) is 5.11 Å². The van der Waals surface area contributed by atoms with E-state index in [1.807, 2.05) is 43.3 Å². The summed E-state index contributed by atoms with van der Waals surface area (Å²) in [6.07, 6.45) is 0. The molecule has 2 rings (SSSR count). The summed E-state index contributed by atoms with van der Waals surface area (Å²) >= 11 is 5.45. The highest BCUT2D eigenvalue weighted by atomic mass is 32.1. The number of hydrogen-bond acceptors (Lipinski definition) is 3. The van der Waals surface area contributed by atoms with E-state index in [2.05, 4.69) is 29.7 Å². The number of methoxy groups -OCH3 is 2. The van der Waals surface area contributed by atoms with Crippen LogP contribution >= 0.6 is 12.2 Å². The molecule has 2 unspecified atom stereocenters. The first-order valence-electron chi connectivity index (χ1n) is 7.89. The number of rotatable bonds is 6. The van der Waals surface area contributed by atoms with E-state index in [1.165, 1.54) is 5.56 Å². The number of hydrogen-bond donors (Lipinski definition) is 2. The zero-order chi connectivity index (χ0) is 17.5. The largest absolute Gasteiger partial charge is 0.497 e. The van der Waals surface area contributed by atoms with E-state index in [4.69, 9.17) is 21.7 Å². The minimum atomic E-state index is -0.0157. The van der Waals surface area contributed by atoms with Crippen LogP contribution < -0.4 is 20.1 Å². The predicted octanol–water partition coefficient (Wildman–Crippen LogP) is 3.99. The number of thiocarbonyl (C=S) groups is 1. The molecule has 2 aromatic carbocycles. The van der Waals surface area contributed by atoms with Gasteiger partial charge in [-0.15, -0.1) is 0 Å². The van der Waals surface area contributed by atoms with Gasteiger partial charge in [0.05, 0.1) is 26.3 Å². The van der Waals surface area contributed by atoms with Crippen LogP contribution in [0, 0.1) is 0 Å². The van der Waals surface area contributed by atoms with Crippen LogP contribution in [-0.2, 0) is 0 Å². The Balaban J connectivity index is 2.03. The molecule has 0 radical (unpaired) electrons. The first-order valence-corrected chi connectivity index (χ1v) is 8.30. The molecule has 0 saturated carbocycles. The Kier molecular flexibility index (Phi) is 6.44. The second kappa shape index (κ2) is 8.55. The highest BCUT2D eigenvalue weighted by molar-refractivity contribution is 7.80. The minimum absolute atomic E-state index is 0.0157. The lowest BCUT2D eigenvalue weighted by atomic mass is 10.1. The molecule has 0 aliphatic carbocycles. The summed E-state index contributed by atoms with van der Waals surface area (Å²) in [7, 11) is 3.31. The third-order valence-electron chi connectivity index (χ3n) is 3.90. The van der Waals surface area contributed by atoms with Crippen LogP contribution in [0.5, 0.6) is 11.5 Å².